The fourth-order valence-electron chi connectivity index (χ4n) is 1.67. The highest BCUT2D eigenvalue weighted by molar-refractivity contribution is 7.14. The zero-order chi connectivity index (χ0) is 15.2. The number of aromatic nitrogens is 1. The number of carbonyl (C=O) groups is 2. The quantitative estimate of drug-likeness (QED) is 0.786. The van der Waals surface area contributed by atoms with Crippen LogP contribution in [0.1, 0.15) is 23.0 Å². The van der Waals surface area contributed by atoms with Crippen LogP contribution in [0.2, 0.25) is 0 Å². The Morgan fingerprint density at radius 1 is 1.24 bits per heavy atom. The summed E-state index contributed by atoms with van der Waals surface area (Å²) in [6.07, 6.45) is 0.584. The maximum Gasteiger partial charge on any atom is 0.275 e. The van der Waals surface area contributed by atoms with Gasteiger partial charge >= 0.3 is 0 Å². The van der Waals surface area contributed by atoms with Gasteiger partial charge in [-0.3, -0.25) is 9.59 Å². The van der Waals surface area contributed by atoms with E-state index in [-0.39, 0.29) is 24.1 Å². The Labute approximate surface area is 125 Å². The van der Waals surface area contributed by atoms with Crippen molar-refractivity contribution in [3.8, 4) is 0 Å². The van der Waals surface area contributed by atoms with Crippen molar-refractivity contribution in [3.63, 3.8) is 0 Å². The zero-order valence-corrected chi connectivity index (χ0v) is 12.2. The van der Waals surface area contributed by atoms with Crippen molar-refractivity contribution in [2.24, 2.45) is 0 Å². The van der Waals surface area contributed by atoms with E-state index in [2.05, 4.69) is 15.6 Å². The van der Waals surface area contributed by atoms with E-state index in [4.69, 9.17) is 5.11 Å². The van der Waals surface area contributed by atoms with Crippen LogP contribution >= 0.6 is 11.3 Å². The van der Waals surface area contributed by atoms with Crippen LogP contribution in [0.3, 0.4) is 0 Å². The van der Waals surface area contributed by atoms with Gasteiger partial charge in [-0.05, 0) is 24.1 Å². The molecule has 1 heterocycles. The highest BCUT2D eigenvalue weighted by Gasteiger charge is 2.11. The summed E-state index contributed by atoms with van der Waals surface area (Å²) < 4.78 is 0. The first-order chi connectivity index (χ1) is 10.1. The lowest BCUT2D eigenvalue weighted by molar-refractivity contribution is -0.114. The summed E-state index contributed by atoms with van der Waals surface area (Å²) in [5.74, 6) is -0.562. The number of nitrogens with one attached hydrogen (secondary N) is 2. The molecule has 21 heavy (non-hydrogen) atoms. The lowest BCUT2D eigenvalue weighted by Gasteiger charge is -2.04. The number of aliphatic hydroxyl groups is 1. The molecule has 1 aromatic heterocycles. The van der Waals surface area contributed by atoms with E-state index in [0.717, 1.165) is 5.56 Å². The first kappa shape index (κ1) is 15.1. The van der Waals surface area contributed by atoms with Crippen LogP contribution in [-0.2, 0) is 11.2 Å². The van der Waals surface area contributed by atoms with Crippen LogP contribution in [0.25, 0.3) is 0 Å². The molecule has 110 valence electrons. The van der Waals surface area contributed by atoms with E-state index < -0.39 is 0 Å². The van der Waals surface area contributed by atoms with Crippen LogP contribution in [-0.4, -0.2) is 28.5 Å². The molecule has 2 rings (SSSR count). The predicted molar refractivity (Wildman–Crippen MR) is 81.6 cm³/mol. The van der Waals surface area contributed by atoms with Gasteiger partial charge in [-0.2, -0.15) is 0 Å². The van der Waals surface area contributed by atoms with Gasteiger partial charge in [0.05, 0.1) is 0 Å². The summed E-state index contributed by atoms with van der Waals surface area (Å²) >= 11 is 1.19. The summed E-state index contributed by atoms with van der Waals surface area (Å²) in [4.78, 5) is 26.9. The van der Waals surface area contributed by atoms with Crippen molar-refractivity contribution >= 4 is 34.0 Å². The maximum absolute atomic E-state index is 12.0. The summed E-state index contributed by atoms with van der Waals surface area (Å²) in [6.45, 7) is 1.48. The molecule has 2 amide bonds. The minimum atomic E-state index is -0.335. The topological polar surface area (TPSA) is 91.3 Å². The minimum absolute atomic E-state index is 0.0937. The number of hydrogen-bond acceptors (Lipinski definition) is 5. The smallest absolute Gasteiger partial charge is 0.275 e. The molecular weight excluding hydrogens is 290 g/mol. The number of anilines is 2. The van der Waals surface area contributed by atoms with E-state index >= 15 is 0 Å². The number of benzene rings is 1. The second-order valence-corrected chi connectivity index (χ2v) is 5.20. The van der Waals surface area contributed by atoms with Gasteiger partial charge in [-0.25, -0.2) is 4.98 Å². The van der Waals surface area contributed by atoms with Crippen LogP contribution in [0.15, 0.2) is 29.6 Å². The van der Waals surface area contributed by atoms with E-state index in [9.17, 15) is 9.59 Å². The average Bonchev–Trinajstić information content (AvgIpc) is 2.89. The Morgan fingerprint density at radius 3 is 2.57 bits per heavy atom. The molecule has 0 aliphatic heterocycles. The Kier molecular flexibility index (Phi) is 5.02. The Bertz CT molecular complexity index is 637. The van der Waals surface area contributed by atoms with Gasteiger partial charge < -0.3 is 15.7 Å². The monoisotopic (exact) mass is 305 g/mol. The van der Waals surface area contributed by atoms with E-state index in [1.54, 1.807) is 17.5 Å². The fourth-order valence-corrected chi connectivity index (χ4v) is 2.40. The molecule has 1 aromatic carbocycles. The highest BCUT2D eigenvalue weighted by Crippen LogP contribution is 2.17. The van der Waals surface area contributed by atoms with Crippen LogP contribution in [0, 0.1) is 0 Å². The molecule has 0 aliphatic carbocycles. The molecule has 0 radical (unpaired) electrons. The molecule has 0 atom stereocenters. The van der Waals surface area contributed by atoms with Crippen LogP contribution in [0.5, 0.6) is 0 Å². The summed E-state index contributed by atoms with van der Waals surface area (Å²) in [6, 6.07) is 7.22. The zero-order valence-electron chi connectivity index (χ0n) is 11.4. The standard InChI is InChI=1S/C14H15N3O3S/c1-9(19)15-14-17-12(8-21-14)13(20)16-11-4-2-10(3-5-11)6-7-18/h2-5,8,18H,6-7H2,1H3,(H,16,20)(H,15,17,19). The normalized spacial score (nSPS) is 10.2. The molecule has 0 spiro atoms. The van der Waals surface area contributed by atoms with Crippen molar-refractivity contribution in [1.29, 1.82) is 0 Å². The number of thiazole rings is 1. The van der Waals surface area contributed by atoms with Crippen molar-refractivity contribution in [2.45, 2.75) is 13.3 Å². The summed E-state index contributed by atoms with van der Waals surface area (Å²) in [5, 5.41) is 16.1. The van der Waals surface area contributed by atoms with Gasteiger partial charge in [0.25, 0.3) is 5.91 Å². The molecule has 3 N–H and O–H groups in total. The Morgan fingerprint density at radius 2 is 1.95 bits per heavy atom. The van der Waals surface area contributed by atoms with Gasteiger partial charge in [-0.1, -0.05) is 12.1 Å². The SMILES string of the molecule is CC(=O)Nc1nc(C(=O)Nc2ccc(CCO)cc2)cs1. The second kappa shape index (κ2) is 6.96. The first-order valence-electron chi connectivity index (χ1n) is 6.33. The van der Waals surface area contributed by atoms with E-state index in [1.165, 1.54) is 18.3 Å². The maximum atomic E-state index is 12.0. The van der Waals surface area contributed by atoms with Crippen molar-refractivity contribution < 1.29 is 14.7 Å². The molecule has 0 saturated heterocycles. The molecule has 0 unspecified atom stereocenters. The third-order valence-electron chi connectivity index (χ3n) is 2.63. The van der Waals surface area contributed by atoms with Gasteiger partial charge in [-0.15, -0.1) is 11.3 Å². The van der Waals surface area contributed by atoms with Gasteiger partial charge in [0, 0.05) is 24.6 Å². The molecule has 0 fully saturated rings. The Hall–Kier alpha value is -2.25. The van der Waals surface area contributed by atoms with Crippen molar-refractivity contribution in [1.82, 2.24) is 4.98 Å². The number of carbonyl (C=O) groups excluding carboxylic acids is 2. The third kappa shape index (κ3) is 4.37. The molecule has 2 aromatic rings. The first-order valence-corrected chi connectivity index (χ1v) is 7.20. The average molecular weight is 305 g/mol. The minimum Gasteiger partial charge on any atom is -0.396 e. The highest BCUT2D eigenvalue weighted by atomic mass is 32.1. The van der Waals surface area contributed by atoms with Crippen molar-refractivity contribution in [3.05, 3.63) is 40.9 Å². The van der Waals surface area contributed by atoms with Gasteiger partial charge in [0.1, 0.15) is 5.69 Å². The number of amides is 2. The van der Waals surface area contributed by atoms with E-state index in [0.29, 0.717) is 17.2 Å². The predicted octanol–water partition coefficient (Wildman–Crippen LogP) is 1.89. The molecule has 7 heteroatoms. The largest absolute Gasteiger partial charge is 0.396 e. The number of hydrogen-bond donors (Lipinski definition) is 3. The summed E-state index contributed by atoms with van der Waals surface area (Å²) in [7, 11) is 0. The summed E-state index contributed by atoms with van der Waals surface area (Å²) in [5.41, 5.74) is 1.90. The number of aliphatic hydroxyl groups excluding tert-OH is 1. The molecule has 0 aliphatic rings. The number of rotatable bonds is 5. The second-order valence-electron chi connectivity index (χ2n) is 4.34. The molecule has 0 saturated carbocycles. The Balaban J connectivity index is 2.00. The lowest BCUT2D eigenvalue weighted by Crippen LogP contribution is -2.13. The van der Waals surface area contributed by atoms with Crippen LogP contribution < -0.4 is 10.6 Å². The lowest BCUT2D eigenvalue weighted by atomic mass is 10.1. The van der Waals surface area contributed by atoms with E-state index in [1.807, 2.05) is 12.1 Å². The molecule has 0 bridgehead atoms. The van der Waals surface area contributed by atoms with Gasteiger partial charge in [0.2, 0.25) is 5.91 Å². The van der Waals surface area contributed by atoms with Gasteiger partial charge in [0.15, 0.2) is 5.13 Å². The third-order valence-corrected chi connectivity index (χ3v) is 3.39. The number of nitrogens with zero attached hydrogens (tertiary/aromatic N) is 1. The molecular formula is C14H15N3O3S. The van der Waals surface area contributed by atoms with Crippen molar-refractivity contribution in [2.75, 3.05) is 17.2 Å². The fraction of sp³-hybridized carbons (Fsp3) is 0.214. The van der Waals surface area contributed by atoms with Crippen LogP contribution in [0.4, 0.5) is 10.8 Å². The molecule has 6 nitrogen and oxygen atoms in total.